The Balaban J connectivity index is 1.85. The Labute approximate surface area is 142 Å². The first-order valence-corrected chi connectivity index (χ1v) is 7.95. The van der Waals surface area contributed by atoms with Crippen LogP contribution >= 0.6 is 0 Å². The van der Waals surface area contributed by atoms with E-state index in [9.17, 15) is 9.59 Å². The lowest BCUT2D eigenvalue weighted by Gasteiger charge is -2.19. The van der Waals surface area contributed by atoms with Gasteiger partial charge in [0.2, 0.25) is 5.91 Å². The Morgan fingerprint density at radius 1 is 1.21 bits per heavy atom. The molecule has 2 rings (SSSR count). The van der Waals surface area contributed by atoms with Crippen LogP contribution in [-0.2, 0) is 10.2 Å². The van der Waals surface area contributed by atoms with E-state index < -0.39 is 0 Å². The van der Waals surface area contributed by atoms with Gasteiger partial charge in [0.1, 0.15) is 5.82 Å². The molecule has 2 aromatic rings. The van der Waals surface area contributed by atoms with Crippen LogP contribution in [0.25, 0.3) is 0 Å². The fourth-order valence-corrected chi connectivity index (χ4v) is 2.26. The molecular formula is C18H24N4O2. The van der Waals surface area contributed by atoms with Crippen LogP contribution in [0.3, 0.4) is 0 Å². The predicted octanol–water partition coefficient (Wildman–Crippen LogP) is 2.31. The Bertz CT molecular complexity index is 685. The lowest BCUT2D eigenvalue weighted by molar-refractivity contribution is -0.120. The number of amides is 2. The van der Waals surface area contributed by atoms with Crippen molar-refractivity contribution in [2.45, 2.75) is 39.2 Å². The average Bonchev–Trinajstić information content (AvgIpc) is 3.06. The molecule has 0 bridgehead atoms. The lowest BCUT2D eigenvalue weighted by atomic mass is 9.87. The summed E-state index contributed by atoms with van der Waals surface area (Å²) in [5, 5.41) is 5.40. The molecule has 0 unspecified atom stereocenters. The summed E-state index contributed by atoms with van der Waals surface area (Å²) in [6.07, 6.45) is 3.32. The van der Waals surface area contributed by atoms with E-state index >= 15 is 0 Å². The van der Waals surface area contributed by atoms with Crippen LogP contribution in [-0.4, -0.2) is 28.3 Å². The number of hydrogen-bond donors (Lipinski definition) is 3. The van der Waals surface area contributed by atoms with E-state index in [-0.39, 0.29) is 29.8 Å². The molecule has 24 heavy (non-hydrogen) atoms. The maximum absolute atomic E-state index is 12.1. The Hall–Kier alpha value is -2.63. The molecule has 0 aliphatic carbocycles. The van der Waals surface area contributed by atoms with Crippen molar-refractivity contribution in [2.75, 3.05) is 6.54 Å². The fraction of sp³-hybridized carbons (Fsp3) is 0.389. The molecule has 128 valence electrons. The van der Waals surface area contributed by atoms with Gasteiger partial charge in [-0.1, -0.05) is 32.9 Å². The number of rotatable bonds is 5. The van der Waals surface area contributed by atoms with E-state index in [1.165, 1.54) is 0 Å². The summed E-state index contributed by atoms with van der Waals surface area (Å²) < 4.78 is 0. The van der Waals surface area contributed by atoms with Crippen molar-refractivity contribution in [3.8, 4) is 0 Å². The summed E-state index contributed by atoms with van der Waals surface area (Å²) in [6, 6.07) is 7.19. The SMILES string of the molecule is C[C@@H](NC(=O)CNC(=O)c1ccc(C(C)(C)C)cc1)c1ncc[nH]1. The number of benzene rings is 1. The van der Waals surface area contributed by atoms with Gasteiger partial charge in [-0.25, -0.2) is 4.98 Å². The summed E-state index contributed by atoms with van der Waals surface area (Å²) in [5.41, 5.74) is 1.73. The molecule has 0 aliphatic heterocycles. The highest BCUT2D eigenvalue weighted by molar-refractivity contribution is 5.96. The van der Waals surface area contributed by atoms with Gasteiger partial charge in [0.05, 0.1) is 12.6 Å². The number of H-pyrrole nitrogens is 1. The molecule has 3 N–H and O–H groups in total. The summed E-state index contributed by atoms with van der Waals surface area (Å²) in [4.78, 5) is 31.0. The molecule has 6 heteroatoms. The number of carbonyl (C=O) groups is 2. The maximum Gasteiger partial charge on any atom is 0.251 e. The zero-order valence-corrected chi connectivity index (χ0v) is 14.5. The van der Waals surface area contributed by atoms with Gasteiger partial charge in [0, 0.05) is 18.0 Å². The molecule has 1 heterocycles. The largest absolute Gasteiger partial charge is 0.347 e. The standard InChI is InChI=1S/C18H24N4O2/c1-12(16-19-9-10-20-16)22-15(23)11-21-17(24)13-5-7-14(8-6-13)18(2,3)4/h5-10,12H,11H2,1-4H3,(H,19,20)(H,21,24)(H,22,23)/t12-/m1/s1. The van der Waals surface area contributed by atoms with E-state index in [1.54, 1.807) is 24.5 Å². The van der Waals surface area contributed by atoms with Crippen molar-refractivity contribution in [1.82, 2.24) is 20.6 Å². The number of carbonyl (C=O) groups excluding carboxylic acids is 2. The topological polar surface area (TPSA) is 86.9 Å². The second-order valence-corrected chi connectivity index (χ2v) is 6.77. The number of nitrogens with one attached hydrogen (secondary N) is 3. The second-order valence-electron chi connectivity index (χ2n) is 6.77. The van der Waals surface area contributed by atoms with Crippen LogP contribution in [0.5, 0.6) is 0 Å². The van der Waals surface area contributed by atoms with Gasteiger partial charge < -0.3 is 15.6 Å². The Morgan fingerprint density at radius 3 is 2.42 bits per heavy atom. The van der Waals surface area contributed by atoms with Crippen LogP contribution in [0.4, 0.5) is 0 Å². The zero-order valence-electron chi connectivity index (χ0n) is 14.5. The molecule has 0 aliphatic rings. The number of aromatic amines is 1. The molecule has 1 aromatic carbocycles. The van der Waals surface area contributed by atoms with Crippen molar-refractivity contribution in [3.05, 3.63) is 53.6 Å². The number of imidazole rings is 1. The third-order valence-corrected chi connectivity index (χ3v) is 3.73. The zero-order chi connectivity index (χ0) is 17.7. The van der Waals surface area contributed by atoms with E-state index in [2.05, 4.69) is 41.4 Å². The van der Waals surface area contributed by atoms with Crippen LogP contribution in [0.1, 0.15) is 55.5 Å². The van der Waals surface area contributed by atoms with Crippen molar-refractivity contribution < 1.29 is 9.59 Å². The number of aromatic nitrogens is 2. The van der Waals surface area contributed by atoms with Crippen molar-refractivity contribution in [1.29, 1.82) is 0 Å². The van der Waals surface area contributed by atoms with E-state index in [0.29, 0.717) is 11.4 Å². The molecule has 1 atom stereocenters. The minimum atomic E-state index is -0.267. The molecule has 0 radical (unpaired) electrons. The highest BCUT2D eigenvalue weighted by Gasteiger charge is 2.15. The minimum absolute atomic E-state index is 0.0386. The van der Waals surface area contributed by atoms with E-state index in [4.69, 9.17) is 0 Å². The molecule has 0 saturated heterocycles. The number of nitrogens with zero attached hydrogens (tertiary/aromatic N) is 1. The Morgan fingerprint density at radius 2 is 1.88 bits per heavy atom. The van der Waals surface area contributed by atoms with E-state index in [1.807, 2.05) is 19.1 Å². The third kappa shape index (κ3) is 4.68. The monoisotopic (exact) mass is 328 g/mol. The first-order chi connectivity index (χ1) is 11.3. The van der Waals surface area contributed by atoms with Crippen molar-refractivity contribution >= 4 is 11.8 Å². The summed E-state index contributed by atoms with van der Waals surface area (Å²) in [7, 11) is 0. The predicted molar refractivity (Wildman–Crippen MR) is 92.6 cm³/mol. The number of hydrogen-bond acceptors (Lipinski definition) is 3. The lowest BCUT2D eigenvalue weighted by Crippen LogP contribution is -2.38. The van der Waals surface area contributed by atoms with Gasteiger partial charge in [-0.15, -0.1) is 0 Å². The molecule has 0 spiro atoms. The first-order valence-electron chi connectivity index (χ1n) is 7.95. The third-order valence-electron chi connectivity index (χ3n) is 3.73. The van der Waals surface area contributed by atoms with Crippen molar-refractivity contribution in [2.24, 2.45) is 0 Å². The van der Waals surface area contributed by atoms with Crippen LogP contribution < -0.4 is 10.6 Å². The summed E-state index contributed by atoms with van der Waals surface area (Å²) >= 11 is 0. The van der Waals surface area contributed by atoms with Gasteiger partial charge in [-0.05, 0) is 30.0 Å². The second kappa shape index (κ2) is 7.29. The fourth-order valence-electron chi connectivity index (χ4n) is 2.26. The minimum Gasteiger partial charge on any atom is -0.347 e. The summed E-state index contributed by atoms with van der Waals surface area (Å²) in [6.45, 7) is 8.10. The molecule has 2 amide bonds. The smallest absolute Gasteiger partial charge is 0.251 e. The average molecular weight is 328 g/mol. The van der Waals surface area contributed by atoms with Crippen molar-refractivity contribution in [3.63, 3.8) is 0 Å². The van der Waals surface area contributed by atoms with Crippen LogP contribution in [0, 0.1) is 0 Å². The molecule has 1 aromatic heterocycles. The maximum atomic E-state index is 12.1. The van der Waals surface area contributed by atoms with Crippen LogP contribution in [0.2, 0.25) is 0 Å². The van der Waals surface area contributed by atoms with Crippen LogP contribution in [0.15, 0.2) is 36.7 Å². The molecule has 0 fully saturated rings. The summed E-state index contributed by atoms with van der Waals surface area (Å²) in [5.74, 6) is 0.141. The van der Waals surface area contributed by atoms with Gasteiger partial charge >= 0.3 is 0 Å². The quantitative estimate of drug-likeness (QED) is 0.787. The molecule has 0 saturated carbocycles. The highest BCUT2D eigenvalue weighted by Crippen LogP contribution is 2.22. The highest BCUT2D eigenvalue weighted by atomic mass is 16.2. The van der Waals surface area contributed by atoms with Gasteiger partial charge in [-0.2, -0.15) is 0 Å². The van der Waals surface area contributed by atoms with Gasteiger partial charge in [-0.3, -0.25) is 9.59 Å². The molecule has 6 nitrogen and oxygen atoms in total. The van der Waals surface area contributed by atoms with E-state index in [0.717, 1.165) is 5.56 Å². The Kier molecular flexibility index (Phi) is 5.39. The van der Waals surface area contributed by atoms with Gasteiger partial charge in [0.15, 0.2) is 0 Å². The molecular weight excluding hydrogens is 304 g/mol. The van der Waals surface area contributed by atoms with Gasteiger partial charge in [0.25, 0.3) is 5.91 Å². The first kappa shape index (κ1) is 17.7. The normalized spacial score (nSPS) is 12.5.